The fourth-order valence-electron chi connectivity index (χ4n) is 4.05. The van der Waals surface area contributed by atoms with Crippen LogP contribution in [0.1, 0.15) is 23.2 Å². The Morgan fingerprint density at radius 2 is 2.04 bits per heavy atom. The SMILES string of the molecule is O=C(N[C@@H]1C[C@H]2CO[C@@H](CCO)CN2C1)c1cccc2ccccc12. The second kappa shape index (κ2) is 7.12. The monoisotopic (exact) mass is 340 g/mol. The highest BCUT2D eigenvalue weighted by Gasteiger charge is 2.37. The molecular weight excluding hydrogens is 316 g/mol. The Hall–Kier alpha value is -1.95. The number of amides is 1. The zero-order valence-electron chi connectivity index (χ0n) is 14.2. The fourth-order valence-corrected chi connectivity index (χ4v) is 4.05. The molecule has 2 aromatic carbocycles. The zero-order chi connectivity index (χ0) is 17.2. The number of morpholine rings is 1. The summed E-state index contributed by atoms with van der Waals surface area (Å²) in [6.07, 6.45) is 1.70. The zero-order valence-corrected chi connectivity index (χ0v) is 14.2. The molecule has 2 aliphatic rings. The summed E-state index contributed by atoms with van der Waals surface area (Å²) < 4.78 is 5.81. The highest BCUT2D eigenvalue weighted by Crippen LogP contribution is 2.25. The van der Waals surface area contributed by atoms with E-state index in [1.165, 1.54) is 0 Å². The van der Waals surface area contributed by atoms with E-state index in [2.05, 4.69) is 10.2 Å². The van der Waals surface area contributed by atoms with E-state index in [0.29, 0.717) is 19.1 Å². The molecule has 2 aliphatic heterocycles. The largest absolute Gasteiger partial charge is 0.396 e. The van der Waals surface area contributed by atoms with Crippen LogP contribution < -0.4 is 5.32 Å². The number of rotatable bonds is 4. The summed E-state index contributed by atoms with van der Waals surface area (Å²) in [7, 11) is 0. The van der Waals surface area contributed by atoms with Gasteiger partial charge in [-0.1, -0.05) is 36.4 Å². The lowest BCUT2D eigenvalue weighted by Gasteiger charge is -2.34. The Morgan fingerprint density at radius 3 is 2.92 bits per heavy atom. The first-order valence-electron chi connectivity index (χ1n) is 8.99. The predicted octanol–water partition coefficient (Wildman–Crippen LogP) is 1.79. The first-order valence-corrected chi connectivity index (χ1v) is 8.99. The van der Waals surface area contributed by atoms with Crippen molar-refractivity contribution in [2.45, 2.75) is 31.0 Å². The van der Waals surface area contributed by atoms with Gasteiger partial charge in [-0.25, -0.2) is 0 Å². The maximum absolute atomic E-state index is 12.8. The molecular formula is C20H24N2O3. The average molecular weight is 340 g/mol. The number of aliphatic hydroxyl groups excluding tert-OH is 1. The third-order valence-electron chi connectivity index (χ3n) is 5.31. The van der Waals surface area contributed by atoms with Gasteiger partial charge in [0.1, 0.15) is 0 Å². The normalized spacial score (nSPS) is 26.5. The molecule has 2 saturated heterocycles. The van der Waals surface area contributed by atoms with Crippen molar-refractivity contribution in [3.8, 4) is 0 Å². The number of carbonyl (C=O) groups excluding carboxylic acids is 1. The van der Waals surface area contributed by atoms with Crippen LogP contribution in [0.4, 0.5) is 0 Å². The summed E-state index contributed by atoms with van der Waals surface area (Å²) in [6.45, 7) is 2.54. The number of benzene rings is 2. The molecule has 0 aromatic heterocycles. The summed E-state index contributed by atoms with van der Waals surface area (Å²) >= 11 is 0. The lowest BCUT2D eigenvalue weighted by Crippen LogP contribution is -2.46. The average Bonchev–Trinajstić information content (AvgIpc) is 3.03. The van der Waals surface area contributed by atoms with Crippen LogP contribution in [0.3, 0.4) is 0 Å². The second-order valence-electron chi connectivity index (χ2n) is 7.01. The van der Waals surface area contributed by atoms with E-state index in [-0.39, 0.29) is 24.7 Å². The molecule has 3 atom stereocenters. The molecule has 0 bridgehead atoms. The van der Waals surface area contributed by atoms with Crippen molar-refractivity contribution in [1.82, 2.24) is 10.2 Å². The number of nitrogens with zero attached hydrogens (tertiary/aromatic N) is 1. The lowest BCUT2D eigenvalue weighted by atomic mass is 10.0. The van der Waals surface area contributed by atoms with E-state index >= 15 is 0 Å². The molecule has 0 unspecified atom stereocenters. The Morgan fingerprint density at radius 1 is 1.20 bits per heavy atom. The third-order valence-corrected chi connectivity index (χ3v) is 5.31. The second-order valence-corrected chi connectivity index (χ2v) is 7.01. The standard InChI is InChI=1S/C20H24N2O3/c23-9-8-17-12-22-11-15(10-16(22)13-25-17)21-20(24)19-7-3-5-14-4-1-2-6-18(14)19/h1-7,15-17,23H,8-13H2,(H,21,24)/t15-,16+,17+/m1/s1. The molecule has 5 nitrogen and oxygen atoms in total. The van der Waals surface area contributed by atoms with E-state index in [0.717, 1.165) is 35.8 Å². The van der Waals surface area contributed by atoms with Gasteiger partial charge in [0.25, 0.3) is 5.91 Å². The summed E-state index contributed by atoms with van der Waals surface area (Å²) in [5.41, 5.74) is 0.734. The van der Waals surface area contributed by atoms with E-state index in [1.54, 1.807) is 0 Å². The minimum absolute atomic E-state index is 0.00512. The molecule has 1 amide bonds. The Kier molecular flexibility index (Phi) is 4.70. The maximum Gasteiger partial charge on any atom is 0.252 e. The Bertz CT molecular complexity index is 758. The first-order chi connectivity index (χ1) is 12.2. The number of carbonyl (C=O) groups is 1. The minimum atomic E-state index is -0.00512. The fraction of sp³-hybridized carbons (Fsp3) is 0.450. The van der Waals surface area contributed by atoms with E-state index in [1.807, 2.05) is 42.5 Å². The van der Waals surface area contributed by atoms with Crippen LogP contribution in [0, 0.1) is 0 Å². The Labute approximate surface area is 147 Å². The highest BCUT2D eigenvalue weighted by atomic mass is 16.5. The quantitative estimate of drug-likeness (QED) is 0.891. The van der Waals surface area contributed by atoms with Crippen LogP contribution in [0.25, 0.3) is 10.8 Å². The number of fused-ring (bicyclic) bond motifs is 2. The molecule has 2 N–H and O–H groups in total. The molecule has 25 heavy (non-hydrogen) atoms. The number of ether oxygens (including phenoxy) is 1. The molecule has 0 spiro atoms. The number of hydrogen-bond acceptors (Lipinski definition) is 4. The van der Waals surface area contributed by atoms with Crippen molar-refractivity contribution in [2.24, 2.45) is 0 Å². The van der Waals surface area contributed by atoms with E-state index < -0.39 is 0 Å². The van der Waals surface area contributed by atoms with Crippen LogP contribution in [-0.4, -0.2) is 60.4 Å². The van der Waals surface area contributed by atoms with Crippen LogP contribution >= 0.6 is 0 Å². The molecule has 0 saturated carbocycles. The van der Waals surface area contributed by atoms with Gasteiger partial charge < -0.3 is 15.2 Å². The molecule has 2 aromatic rings. The van der Waals surface area contributed by atoms with Gasteiger partial charge in [0.15, 0.2) is 0 Å². The van der Waals surface area contributed by atoms with Gasteiger partial charge in [-0.3, -0.25) is 9.69 Å². The molecule has 132 valence electrons. The number of nitrogens with one attached hydrogen (secondary N) is 1. The number of aliphatic hydroxyl groups is 1. The van der Waals surface area contributed by atoms with Crippen LogP contribution in [0.2, 0.25) is 0 Å². The summed E-state index contributed by atoms with van der Waals surface area (Å²) in [6, 6.07) is 14.3. The van der Waals surface area contributed by atoms with Gasteiger partial charge in [-0.2, -0.15) is 0 Å². The van der Waals surface area contributed by atoms with Gasteiger partial charge in [-0.15, -0.1) is 0 Å². The summed E-state index contributed by atoms with van der Waals surface area (Å²) in [5.74, 6) is -0.00512. The van der Waals surface area contributed by atoms with Gasteiger partial charge in [0.05, 0.1) is 12.7 Å². The summed E-state index contributed by atoms with van der Waals surface area (Å²) in [4.78, 5) is 15.2. The van der Waals surface area contributed by atoms with E-state index in [9.17, 15) is 4.79 Å². The van der Waals surface area contributed by atoms with Crippen molar-refractivity contribution in [2.75, 3.05) is 26.3 Å². The summed E-state index contributed by atoms with van der Waals surface area (Å²) in [5, 5.41) is 14.4. The third kappa shape index (κ3) is 3.40. The molecule has 2 heterocycles. The molecule has 0 radical (unpaired) electrons. The number of hydrogen-bond donors (Lipinski definition) is 2. The molecule has 2 fully saturated rings. The molecule has 5 heteroatoms. The van der Waals surface area contributed by atoms with Gasteiger partial charge in [0.2, 0.25) is 0 Å². The van der Waals surface area contributed by atoms with Gasteiger partial charge in [-0.05, 0) is 29.7 Å². The van der Waals surface area contributed by atoms with Crippen molar-refractivity contribution in [1.29, 1.82) is 0 Å². The van der Waals surface area contributed by atoms with Crippen LogP contribution in [0.5, 0.6) is 0 Å². The predicted molar refractivity (Wildman–Crippen MR) is 96.6 cm³/mol. The molecule has 0 aliphatic carbocycles. The first kappa shape index (κ1) is 16.5. The van der Waals surface area contributed by atoms with Crippen molar-refractivity contribution in [3.05, 3.63) is 48.0 Å². The minimum Gasteiger partial charge on any atom is -0.396 e. The molecule has 4 rings (SSSR count). The highest BCUT2D eigenvalue weighted by molar-refractivity contribution is 6.07. The van der Waals surface area contributed by atoms with Gasteiger partial charge in [0, 0.05) is 37.3 Å². The van der Waals surface area contributed by atoms with Crippen molar-refractivity contribution < 1.29 is 14.6 Å². The smallest absolute Gasteiger partial charge is 0.252 e. The van der Waals surface area contributed by atoms with Crippen molar-refractivity contribution in [3.63, 3.8) is 0 Å². The maximum atomic E-state index is 12.8. The van der Waals surface area contributed by atoms with Crippen LogP contribution in [0.15, 0.2) is 42.5 Å². The van der Waals surface area contributed by atoms with Crippen LogP contribution in [-0.2, 0) is 4.74 Å². The van der Waals surface area contributed by atoms with E-state index in [4.69, 9.17) is 9.84 Å². The van der Waals surface area contributed by atoms with Gasteiger partial charge >= 0.3 is 0 Å². The lowest BCUT2D eigenvalue weighted by molar-refractivity contribution is -0.0566. The van der Waals surface area contributed by atoms with Crippen molar-refractivity contribution >= 4 is 16.7 Å². The topological polar surface area (TPSA) is 61.8 Å². The Balaban J connectivity index is 1.43.